The zero-order chi connectivity index (χ0) is 94.8. The average molecular weight is 1780 g/mol. The third kappa shape index (κ3) is 15.3. The summed E-state index contributed by atoms with van der Waals surface area (Å²) in [5.41, 5.74) is 34.2. The maximum absolute atomic E-state index is 2.68. The van der Waals surface area contributed by atoms with Crippen molar-refractivity contribution in [3.63, 3.8) is 0 Å². The molecule has 0 fully saturated rings. The van der Waals surface area contributed by atoms with Crippen LogP contribution >= 0.6 is 0 Å². The summed E-state index contributed by atoms with van der Waals surface area (Å²) in [6.45, 7) is 59.4. The monoisotopic (exact) mass is 1770 g/mol. The zero-order valence-corrected chi connectivity index (χ0v) is 85.2. The largest absolute Gasteiger partial charge is 0.340 e. The Labute approximate surface area is 799 Å². The third-order valence-electron chi connectivity index (χ3n) is 30.6. The Bertz CT molecular complexity index is 7220. The molecule has 0 atom stereocenters. The molecule has 7 heterocycles. The van der Waals surface area contributed by atoms with Crippen LogP contribution in [0.15, 0.2) is 255 Å². The Morgan fingerprint density at radius 3 is 0.444 bits per heavy atom. The Kier molecular flexibility index (Phi) is 21.1. The second kappa shape index (κ2) is 31.9. The van der Waals surface area contributed by atoms with E-state index in [4.69, 9.17) is 0 Å². The molecule has 0 spiro atoms. The molecule has 686 valence electrons. The lowest BCUT2D eigenvalue weighted by atomic mass is 9.85. The number of hydrogen-bond donors (Lipinski definition) is 0. The van der Waals surface area contributed by atoms with Gasteiger partial charge in [-0.25, -0.2) is 0 Å². The molecule has 21 aromatic rings. The van der Waals surface area contributed by atoms with Crippen LogP contribution in [0.2, 0.25) is 0 Å². The highest BCUT2D eigenvalue weighted by atomic mass is 15.0. The summed E-state index contributed by atoms with van der Waals surface area (Å²) >= 11 is 0. The first-order valence-electron chi connectivity index (χ1n) is 50.6. The Morgan fingerprint density at radius 1 is 0.148 bits per heavy atom. The van der Waals surface area contributed by atoms with Crippen LogP contribution in [0.25, 0.3) is 187 Å². The Balaban J connectivity index is 0.799. The van der Waals surface area contributed by atoms with Gasteiger partial charge in [-0.2, -0.15) is 0 Å². The molecular weight excluding hydrogens is 1640 g/mol. The van der Waals surface area contributed by atoms with E-state index < -0.39 is 0 Å². The van der Waals surface area contributed by atoms with Crippen molar-refractivity contribution < 1.29 is 0 Å². The maximum atomic E-state index is 2.68. The lowest BCUT2D eigenvalue weighted by Gasteiger charge is -2.19. The predicted molar refractivity (Wildman–Crippen MR) is 587 cm³/mol. The molecule has 0 bridgehead atoms. The highest BCUT2D eigenvalue weighted by molar-refractivity contribution is 6.19. The van der Waals surface area contributed by atoms with Crippen LogP contribution in [0.4, 0.5) is 0 Å². The van der Waals surface area contributed by atoms with Gasteiger partial charge in [-0.05, 0) is 301 Å². The Hall–Kier alpha value is -12.3. The van der Waals surface area contributed by atoms with Gasteiger partial charge in [-0.15, -0.1) is 0 Å². The molecule has 0 radical (unpaired) electrons. The lowest BCUT2D eigenvalue weighted by molar-refractivity contribution is 0.541. The lowest BCUT2D eigenvalue weighted by Crippen LogP contribution is -2.10. The van der Waals surface area contributed by atoms with Gasteiger partial charge in [0, 0.05) is 127 Å². The number of rotatable bonds is 17. The highest BCUT2D eigenvalue weighted by Crippen LogP contribution is 2.49. The van der Waals surface area contributed by atoms with Crippen molar-refractivity contribution in [2.75, 3.05) is 0 Å². The summed E-state index contributed by atoms with van der Waals surface area (Å²) in [5.74, 6) is 0. The number of benzene rings is 14. The minimum Gasteiger partial charge on any atom is -0.340 e. The molecule has 14 aromatic carbocycles. The molecule has 0 aliphatic rings. The highest BCUT2D eigenvalue weighted by Gasteiger charge is 2.31. The number of nitrogens with zero attached hydrogens (tertiary/aromatic N) is 7. The molecule has 0 saturated carbocycles. The minimum atomic E-state index is -0.0316. The molecule has 7 heteroatoms. The van der Waals surface area contributed by atoms with Crippen molar-refractivity contribution in [3.8, 4) is 34.1 Å². The molecule has 135 heavy (non-hydrogen) atoms. The number of aryl methyl sites for hydroxylation is 1. The predicted octanol–water partition coefficient (Wildman–Crippen LogP) is 36.7. The van der Waals surface area contributed by atoms with Crippen molar-refractivity contribution in [1.82, 2.24) is 32.0 Å². The molecule has 0 N–H and O–H groups in total. The van der Waals surface area contributed by atoms with E-state index in [1.54, 1.807) is 0 Å². The quantitative estimate of drug-likeness (QED) is 0.0815. The van der Waals surface area contributed by atoms with E-state index in [0.29, 0.717) is 0 Å². The summed E-state index contributed by atoms with van der Waals surface area (Å²) in [5, 5.41) is 17.6. The molecular formula is C128H139N7. The van der Waals surface area contributed by atoms with Gasteiger partial charge in [0.05, 0.1) is 66.2 Å². The van der Waals surface area contributed by atoms with Crippen LogP contribution in [0, 0.1) is 0 Å². The topological polar surface area (TPSA) is 34.5 Å². The van der Waals surface area contributed by atoms with E-state index >= 15 is 0 Å². The zero-order valence-electron chi connectivity index (χ0n) is 85.2. The summed E-state index contributed by atoms with van der Waals surface area (Å²) in [7, 11) is 0. The molecule has 0 amide bonds. The van der Waals surface area contributed by atoms with Gasteiger partial charge in [-0.3, -0.25) is 0 Å². The van der Waals surface area contributed by atoms with E-state index in [0.717, 1.165) is 69.2 Å². The van der Waals surface area contributed by atoms with E-state index in [1.807, 2.05) is 0 Å². The van der Waals surface area contributed by atoms with Crippen molar-refractivity contribution >= 4 is 153 Å². The minimum absolute atomic E-state index is 0.0316. The van der Waals surface area contributed by atoms with Crippen LogP contribution in [-0.2, 0) is 49.9 Å². The van der Waals surface area contributed by atoms with Crippen LogP contribution < -0.4 is 0 Å². The molecule has 21 rings (SSSR count). The molecule has 0 unspecified atom stereocenters. The standard InChI is InChI=1S/C128H139N7/c1-26-27-28-29-30-31-32-33-34-35-64-129-107-58-44-87(134-117-60-46-89(130-109-50-36-79(121(2,3)4)65-93(109)94-66-80(122(5,6)7)37-51-110(94)130)75-103(117)104-76-90(47-61-118(104)134)131-111-52-38-81(123(8,9)10)67-95(111)96-68-82(124(11,12)13)39-53-112(96)131)73-101(107)102-74-88(45-59-108(102)129)135-119-62-48-91(132-113-54-40-83(125(14,15)16)69-97(113)98-70-84(126(17,18)19)41-55-114(98)132)77-105(119)106-78-92(49-63-120(106)135)133-115-56-42-85(127(20,21)22)71-99(115)100-72-86(128(23,24)25)43-57-116(100)133/h36-63,65-78H,26-35,64H2,1-25H3. The van der Waals surface area contributed by atoms with Crippen LogP contribution in [0.3, 0.4) is 0 Å². The van der Waals surface area contributed by atoms with Gasteiger partial charge in [0.15, 0.2) is 0 Å². The normalized spacial score (nSPS) is 13.4. The fraction of sp³-hybridized carbons (Fsp3) is 0.344. The summed E-state index contributed by atoms with van der Waals surface area (Å²) in [4.78, 5) is 0. The van der Waals surface area contributed by atoms with Crippen molar-refractivity contribution in [2.24, 2.45) is 0 Å². The van der Waals surface area contributed by atoms with Gasteiger partial charge in [0.1, 0.15) is 0 Å². The summed E-state index contributed by atoms with van der Waals surface area (Å²) in [6.07, 6.45) is 12.9. The van der Waals surface area contributed by atoms with Crippen molar-refractivity contribution in [3.05, 3.63) is 299 Å². The third-order valence-corrected chi connectivity index (χ3v) is 30.6. The molecule has 0 aliphatic carbocycles. The van der Waals surface area contributed by atoms with Gasteiger partial charge < -0.3 is 32.0 Å². The molecule has 0 saturated heterocycles. The number of hydrogen-bond acceptors (Lipinski definition) is 0. The Morgan fingerprint density at radius 2 is 0.281 bits per heavy atom. The van der Waals surface area contributed by atoms with E-state index in [-0.39, 0.29) is 43.3 Å². The average Bonchev–Trinajstić information content (AvgIpc) is 1.56. The van der Waals surface area contributed by atoms with Crippen molar-refractivity contribution in [2.45, 2.75) is 287 Å². The van der Waals surface area contributed by atoms with Gasteiger partial charge >= 0.3 is 0 Å². The second-order valence-corrected chi connectivity index (χ2v) is 48.4. The van der Waals surface area contributed by atoms with Crippen LogP contribution in [0.1, 0.15) is 282 Å². The smallest absolute Gasteiger partial charge is 0.0542 e. The fourth-order valence-corrected chi connectivity index (χ4v) is 22.4. The van der Waals surface area contributed by atoms with E-state index in [2.05, 4.69) is 460 Å². The first kappa shape index (κ1) is 89.2. The van der Waals surface area contributed by atoms with Crippen LogP contribution in [-0.4, -0.2) is 32.0 Å². The number of aromatic nitrogens is 7. The maximum Gasteiger partial charge on any atom is 0.0542 e. The van der Waals surface area contributed by atoms with E-state index in [9.17, 15) is 0 Å². The fourth-order valence-electron chi connectivity index (χ4n) is 22.4. The number of unbranched alkanes of at least 4 members (excludes halogenated alkanes) is 9. The summed E-state index contributed by atoms with van der Waals surface area (Å²) < 4.78 is 18.1. The molecule has 7 nitrogen and oxygen atoms in total. The van der Waals surface area contributed by atoms with Crippen LogP contribution in [0.5, 0.6) is 0 Å². The first-order valence-corrected chi connectivity index (χ1v) is 50.6. The first-order chi connectivity index (χ1) is 64.0. The molecule has 0 aliphatic heterocycles. The SMILES string of the molecule is CCCCCCCCCCCCn1c2ccc(-n3c4ccc(-n5c6ccc(C(C)(C)C)cc6c6cc(C(C)(C)C)ccc65)cc4c4cc(-n5c6ccc(C(C)(C)C)cc6c6cc(C(C)(C)C)ccc65)ccc43)cc2c2cc(-n3c4ccc(-n5c6ccc(C(C)(C)C)cc6c6cc(C(C)(C)C)ccc65)cc4c4cc(-n5c6ccc(C(C)(C)C)cc6c6cc(C(C)(C)C)ccc65)ccc43)ccc21. The van der Waals surface area contributed by atoms with E-state index in [1.165, 1.54) is 233 Å². The van der Waals surface area contributed by atoms with Crippen molar-refractivity contribution in [1.29, 1.82) is 0 Å². The second-order valence-electron chi connectivity index (χ2n) is 48.4. The van der Waals surface area contributed by atoms with Gasteiger partial charge in [-0.1, -0.05) is 279 Å². The summed E-state index contributed by atoms with van der Waals surface area (Å²) in [6, 6.07) is 102. The molecule has 7 aromatic heterocycles. The number of fused-ring (bicyclic) bond motifs is 21. The van der Waals surface area contributed by atoms with Gasteiger partial charge in [0.2, 0.25) is 0 Å². The van der Waals surface area contributed by atoms with Gasteiger partial charge in [0.25, 0.3) is 0 Å².